The lowest BCUT2D eigenvalue weighted by atomic mass is 9.95. The van der Waals surface area contributed by atoms with E-state index in [-0.39, 0.29) is 17.0 Å². The molecule has 7 nitrogen and oxygen atoms in total. The Morgan fingerprint density at radius 2 is 1.68 bits per heavy atom. The van der Waals surface area contributed by atoms with Crippen LogP contribution in [0.15, 0.2) is 48.5 Å². The van der Waals surface area contributed by atoms with Crippen LogP contribution in [0, 0.1) is 0 Å². The van der Waals surface area contributed by atoms with E-state index in [1.54, 1.807) is 0 Å². The van der Waals surface area contributed by atoms with Crippen molar-refractivity contribution in [3.8, 4) is 5.75 Å². The Morgan fingerprint density at radius 3 is 2.35 bits per heavy atom. The number of thiophene rings is 1. The number of fused-ring (bicyclic) bond motifs is 1. The second kappa shape index (κ2) is 10.6. The number of hydrogen-bond acceptors (Lipinski definition) is 5. The molecule has 0 saturated carbocycles. The van der Waals surface area contributed by atoms with Gasteiger partial charge in [-0.05, 0) is 74.6 Å². The largest absolute Gasteiger partial charge is 0.481 e. The zero-order valence-corrected chi connectivity index (χ0v) is 20.6. The molecule has 4 N–H and O–H groups in total. The van der Waals surface area contributed by atoms with Gasteiger partial charge < -0.3 is 21.1 Å². The number of amides is 3. The minimum absolute atomic E-state index is 0.243. The van der Waals surface area contributed by atoms with Gasteiger partial charge in [0.2, 0.25) is 0 Å². The smallest absolute Gasteiger partial charge is 0.418 e. The number of rotatable bonds is 7. The van der Waals surface area contributed by atoms with Gasteiger partial charge in [0, 0.05) is 10.4 Å². The van der Waals surface area contributed by atoms with Crippen LogP contribution >= 0.6 is 11.3 Å². The molecule has 2 aromatic carbocycles. The summed E-state index contributed by atoms with van der Waals surface area (Å²) in [5.74, 6) is -1.54. The van der Waals surface area contributed by atoms with Gasteiger partial charge in [-0.1, -0.05) is 12.1 Å². The summed E-state index contributed by atoms with van der Waals surface area (Å²) in [6, 6.07) is 10.6. The third kappa shape index (κ3) is 5.93. The Morgan fingerprint density at radius 1 is 1.00 bits per heavy atom. The third-order valence-corrected chi connectivity index (χ3v) is 7.14. The second-order valence-corrected chi connectivity index (χ2v) is 9.66. The monoisotopic (exact) mass is 531 g/mol. The Bertz CT molecular complexity index is 1340. The van der Waals surface area contributed by atoms with Gasteiger partial charge in [0.05, 0.1) is 16.8 Å². The van der Waals surface area contributed by atoms with Crippen LogP contribution in [0.25, 0.3) is 0 Å². The molecule has 0 bridgehead atoms. The van der Waals surface area contributed by atoms with Crippen molar-refractivity contribution in [3.05, 3.63) is 75.7 Å². The molecule has 0 spiro atoms. The second-order valence-electron chi connectivity index (χ2n) is 8.55. The summed E-state index contributed by atoms with van der Waals surface area (Å²) >= 11 is 1.36. The zero-order valence-electron chi connectivity index (χ0n) is 19.8. The van der Waals surface area contributed by atoms with Crippen molar-refractivity contribution in [2.24, 2.45) is 5.73 Å². The van der Waals surface area contributed by atoms with Crippen molar-refractivity contribution in [3.63, 3.8) is 0 Å². The summed E-state index contributed by atoms with van der Waals surface area (Å²) in [6.07, 6.45) is -2.16. The first-order valence-corrected chi connectivity index (χ1v) is 12.4. The molecule has 1 aliphatic rings. The molecule has 0 fully saturated rings. The number of nitrogens with two attached hydrogens (primary N) is 1. The van der Waals surface area contributed by atoms with Crippen molar-refractivity contribution in [2.75, 3.05) is 10.6 Å². The van der Waals surface area contributed by atoms with Crippen molar-refractivity contribution < 1.29 is 32.3 Å². The molecule has 3 aromatic rings. The summed E-state index contributed by atoms with van der Waals surface area (Å²) in [5, 5.41) is 5.44. The van der Waals surface area contributed by atoms with Crippen LogP contribution in [0.3, 0.4) is 0 Å². The van der Waals surface area contributed by atoms with Crippen LogP contribution in [0.4, 0.5) is 23.9 Å². The molecule has 0 radical (unpaired) electrons. The molecule has 1 aliphatic carbocycles. The highest BCUT2D eigenvalue weighted by atomic mass is 32.1. The Labute approximate surface area is 214 Å². The van der Waals surface area contributed by atoms with E-state index in [1.807, 2.05) is 0 Å². The van der Waals surface area contributed by atoms with Crippen molar-refractivity contribution >= 4 is 39.7 Å². The fourth-order valence-corrected chi connectivity index (χ4v) is 5.40. The van der Waals surface area contributed by atoms with E-state index in [9.17, 15) is 27.6 Å². The number of halogens is 3. The molecule has 1 aromatic heterocycles. The van der Waals surface area contributed by atoms with E-state index in [1.165, 1.54) is 54.7 Å². The van der Waals surface area contributed by atoms with Crippen molar-refractivity contribution in [1.82, 2.24) is 0 Å². The molecule has 0 aliphatic heterocycles. The average molecular weight is 532 g/mol. The Kier molecular flexibility index (Phi) is 7.53. The minimum Gasteiger partial charge on any atom is -0.481 e. The van der Waals surface area contributed by atoms with Gasteiger partial charge in [-0.2, -0.15) is 13.2 Å². The fraction of sp³-hybridized carbons (Fsp3) is 0.269. The molecule has 0 saturated heterocycles. The van der Waals surface area contributed by atoms with Crippen molar-refractivity contribution in [2.45, 2.75) is 44.9 Å². The number of alkyl halides is 3. The van der Waals surface area contributed by atoms with E-state index < -0.39 is 35.6 Å². The molecule has 37 heavy (non-hydrogen) atoms. The van der Waals surface area contributed by atoms with E-state index in [0.29, 0.717) is 10.6 Å². The summed E-state index contributed by atoms with van der Waals surface area (Å²) in [5.41, 5.74) is 5.80. The Balaban J connectivity index is 1.41. The lowest BCUT2D eigenvalue weighted by Gasteiger charge is -2.17. The van der Waals surface area contributed by atoms with Gasteiger partial charge in [-0.25, -0.2) is 0 Å². The first-order chi connectivity index (χ1) is 17.5. The van der Waals surface area contributed by atoms with Crippen LogP contribution < -0.4 is 21.1 Å². The number of carbonyl (C=O) groups excluding carboxylic acids is 3. The average Bonchev–Trinajstić information content (AvgIpc) is 3.22. The molecule has 0 unspecified atom stereocenters. The zero-order chi connectivity index (χ0) is 26.7. The molecule has 11 heteroatoms. The maximum atomic E-state index is 13.2. The van der Waals surface area contributed by atoms with Crippen LogP contribution in [0.5, 0.6) is 5.75 Å². The lowest BCUT2D eigenvalue weighted by molar-refractivity contribution is -0.137. The minimum atomic E-state index is -4.62. The number of ether oxygens (including phenoxy) is 1. The van der Waals surface area contributed by atoms with Crippen molar-refractivity contribution in [1.29, 1.82) is 0 Å². The first kappa shape index (κ1) is 26.2. The molecule has 1 atom stereocenters. The summed E-state index contributed by atoms with van der Waals surface area (Å²) in [6.45, 7) is 1.40. The summed E-state index contributed by atoms with van der Waals surface area (Å²) in [7, 11) is 0. The topological polar surface area (TPSA) is 111 Å². The van der Waals surface area contributed by atoms with E-state index >= 15 is 0 Å². The predicted octanol–water partition coefficient (Wildman–Crippen LogP) is 5.40. The maximum absolute atomic E-state index is 13.2. The number of primary amides is 1. The molecule has 3 amide bonds. The maximum Gasteiger partial charge on any atom is 0.418 e. The van der Waals surface area contributed by atoms with Gasteiger partial charge >= 0.3 is 6.18 Å². The summed E-state index contributed by atoms with van der Waals surface area (Å²) < 4.78 is 45.1. The standard InChI is InChI=1S/C26H24F3N3O4S/c1-14(23(34)31-19-8-4-3-7-18(19)26(27,28)29)36-16-12-10-15(11-13-16)24(35)32-25-21(22(30)33)17-6-2-5-9-20(17)37-25/h3-4,7-8,10-14H,2,5-6,9H2,1H3,(H2,30,33)(H,31,34)(H,32,35)/t14-/m1/s1. The van der Waals surface area contributed by atoms with Gasteiger partial charge in [-0.3, -0.25) is 14.4 Å². The fourth-order valence-electron chi connectivity index (χ4n) is 4.11. The highest BCUT2D eigenvalue weighted by molar-refractivity contribution is 7.17. The third-order valence-electron chi connectivity index (χ3n) is 5.93. The van der Waals surface area contributed by atoms with Gasteiger partial charge in [0.15, 0.2) is 6.10 Å². The lowest BCUT2D eigenvalue weighted by Crippen LogP contribution is -2.31. The van der Waals surface area contributed by atoms with E-state index in [2.05, 4.69) is 10.6 Å². The number of carbonyl (C=O) groups is 3. The molecular weight excluding hydrogens is 507 g/mol. The van der Waals surface area contributed by atoms with Gasteiger partial charge in [0.25, 0.3) is 17.7 Å². The number of benzene rings is 2. The van der Waals surface area contributed by atoms with E-state index in [4.69, 9.17) is 10.5 Å². The molecule has 194 valence electrons. The van der Waals surface area contributed by atoms with Gasteiger partial charge in [-0.15, -0.1) is 11.3 Å². The number of para-hydroxylation sites is 1. The Hall–Kier alpha value is -3.86. The normalized spacial score (nSPS) is 13.8. The van der Waals surface area contributed by atoms with Crippen LogP contribution in [-0.4, -0.2) is 23.8 Å². The summed E-state index contributed by atoms with van der Waals surface area (Å²) in [4.78, 5) is 38.3. The molecular formula is C26H24F3N3O4S. The molecule has 1 heterocycles. The number of hydrogen-bond donors (Lipinski definition) is 3. The molecule has 4 rings (SSSR count). The highest BCUT2D eigenvalue weighted by Gasteiger charge is 2.34. The van der Waals surface area contributed by atoms with Gasteiger partial charge in [0.1, 0.15) is 10.8 Å². The number of aryl methyl sites for hydroxylation is 1. The van der Waals surface area contributed by atoms with Crippen LogP contribution in [-0.2, 0) is 23.8 Å². The highest BCUT2D eigenvalue weighted by Crippen LogP contribution is 2.38. The predicted molar refractivity (Wildman–Crippen MR) is 134 cm³/mol. The van der Waals surface area contributed by atoms with Crippen LogP contribution in [0.1, 0.15) is 56.5 Å². The number of anilines is 2. The SMILES string of the molecule is C[C@@H](Oc1ccc(C(=O)Nc2sc3c(c2C(N)=O)CCCC3)cc1)C(=O)Nc1ccccc1C(F)(F)F. The quantitative estimate of drug-likeness (QED) is 0.379. The first-order valence-electron chi connectivity index (χ1n) is 11.5. The number of nitrogens with one attached hydrogen (secondary N) is 2. The van der Waals surface area contributed by atoms with Crippen LogP contribution in [0.2, 0.25) is 0 Å². The van der Waals surface area contributed by atoms with E-state index in [0.717, 1.165) is 48.3 Å².